The highest BCUT2D eigenvalue weighted by atomic mass is 32.1. The summed E-state index contributed by atoms with van der Waals surface area (Å²) in [6, 6.07) is 10.8. The summed E-state index contributed by atoms with van der Waals surface area (Å²) in [5.41, 5.74) is 2.41. The van der Waals surface area contributed by atoms with E-state index >= 15 is 0 Å². The Labute approximate surface area is 118 Å². The lowest BCUT2D eigenvalue weighted by atomic mass is 10.0. The summed E-state index contributed by atoms with van der Waals surface area (Å²) in [4.78, 5) is 4.65. The van der Waals surface area contributed by atoms with Gasteiger partial charge in [0.15, 0.2) is 0 Å². The molecule has 1 aromatic heterocycles. The highest BCUT2D eigenvalue weighted by Gasteiger charge is 2.14. The van der Waals surface area contributed by atoms with Gasteiger partial charge in [-0.1, -0.05) is 30.3 Å². The Bertz CT molecular complexity index is 498. The standard InChI is InChI=1S/C15H20N2OS/c1-11(18-3)15-17-13(10-19-15)9-14(16-2)12-7-5-4-6-8-12/h4-8,10-11,14,16H,9H2,1-3H3. The Hall–Kier alpha value is -1.23. The topological polar surface area (TPSA) is 34.1 Å². The van der Waals surface area contributed by atoms with Gasteiger partial charge in [-0.25, -0.2) is 4.98 Å². The van der Waals surface area contributed by atoms with E-state index in [1.165, 1.54) is 5.56 Å². The maximum atomic E-state index is 5.30. The molecule has 0 radical (unpaired) electrons. The quantitative estimate of drug-likeness (QED) is 0.878. The molecule has 19 heavy (non-hydrogen) atoms. The van der Waals surface area contributed by atoms with Crippen LogP contribution in [0.1, 0.15) is 35.3 Å². The minimum Gasteiger partial charge on any atom is -0.375 e. The van der Waals surface area contributed by atoms with E-state index in [2.05, 4.69) is 39.9 Å². The van der Waals surface area contributed by atoms with Gasteiger partial charge in [-0.15, -0.1) is 11.3 Å². The number of hydrogen-bond donors (Lipinski definition) is 1. The van der Waals surface area contributed by atoms with Crippen LogP contribution < -0.4 is 5.32 Å². The fourth-order valence-corrected chi connectivity index (χ4v) is 2.85. The van der Waals surface area contributed by atoms with Gasteiger partial charge in [0.25, 0.3) is 0 Å². The summed E-state index contributed by atoms with van der Waals surface area (Å²) in [7, 11) is 3.70. The molecule has 1 N–H and O–H groups in total. The van der Waals surface area contributed by atoms with Gasteiger partial charge in [0.1, 0.15) is 11.1 Å². The molecule has 2 atom stereocenters. The summed E-state index contributed by atoms with van der Waals surface area (Å²) >= 11 is 1.67. The smallest absolute Gasteiger partial charge is 0.121 e. The first kappa shape index (κ1) is 14.2. The van der Waals surface area contributed by atoms with E-state index in [-0.39, 0.29) is 6.10 Å². The van der Waals surface area contributed by atoms with Crippen molar-refractivity contribution in [1.29, 1.82) is 0 Å². The molecular formula is C15H20N2OS. The van der Waals surface area contributed by atoms with Gasteiger partial charge in [0.2, 0.25) is 0 Å². The number of thiazole rings is 1. The summed E-state index contributed by atoms with van der Waals surface area (Å²) in [6.45, 7) is 2.02. The lowest BCUT2D eigenvalue weighted by molar-refractivity contribution is 0.119. The van der Waals surface area contributed by atoms with Crippen molar-refractivity contribution >= 4 is 11.3 Å². The van der Waals surface area contributed by atoms with Crippen LogP contribution in [0.5, 0.6) is 0 Å². The van der Waals surface area contributed by atoms with Crippen LogP contribution in [-0.4, -0.2) is 19.1 Å². The predicted molar refractivity (Wildman–Crippen MR) is 79.5 cm³/mol. The van der Waals surface area contributed by atoms with Crippen LogP contribution in [-0.2, 0) is 11.2 Å². The van der Waals surface area contributed by atoms with E-state index in [0.717, 1.165) is 17.1 Å². The van der Waals surface area contributed by atoms with Gasteiger partial charge in [0, 0.05) is 25.0 Å². The normalized spacial score (nSPS) is 14.3. The Morgan fingerprint density at radius 2 is 2.05 bits per heavy atom. The highest BCUT2D eigenvalue weighted by molar-refractivity contribution is 7.09. The first-order valence-corrected chi connectivity index (χ1v) is 7.32. The molecule has 0 aliphatic carbocycles. The second-order valence-electron chi connectivity index (χ2n) is 4.51. The van der Waals surface area contributed by atoms with Crippen LogP contribution in [0.2, 0.25) is 0 Å². The molecule has 0 amide bonds. The Kier molecular flexibility index (Phi) is 5.07. The lowest BCUT2D eigenvalue weighted by Crippen LogP contribution is -2.18. The van der Waals surface area contributed by atoms with Crippen molar-refractivity contribution < 1.29 is 4.74 Å². The number of rotatable bonds is 6. The van der Waals surface area contributed by atoms with Crippen molar-refractivity contribution in [3.63, 3.8) is 0 Å². The van der Waals surface area contributed by atoms with Gasteiger partial charge in [-0.2, -0.15) is 0 Å². The van der Waals surface area contributed by atoms with Crippen molar-refractivity contribution in [3.8, 4) is 0 Å². The highest BCUT2D eigenvalue weighted by Crippen LogP contribution is 2.23. The summed E-state index contributed by atoms with van der Waals surface area (Å²) < 4.78 is 5.30. The summed E-state index contributed by atoms with van der Waals surface area (Å²) in [5, 5.41) is 6.52. The molecule has 0 saturated carbocycles. The second-order valence-corrected chi connectivity index (χ2v) is 5.40. The molecule has 0 bridgehead atoms. The van der Waals surface area contributed by atoms with Crippen LogP contribution in [0.15, 0.2) is 35.7 Å². The molecule has 0 fully saturated rings. The average molecular weight is 276 g/mol. The molecule has 2 unspecified atom stereocenters. The number of hydrogen-bond acceptors (Lipinski definition) is 4. The van der Waals surface area contributed by atoms with E-state index in [9.17, 15) is 0 Å². The largest absolute Gasteiger partial charge is 0.375 e. The maximum absolute atomic E-state index is 5.30. The third-order valence-corrected chi connectivity index (χ3v) is 4.29. The predicted octanol–water partition coefficient (Wildman–Crippen LogP) is 3.35. The molecule has 102 valence electrons. The first-order valence-electron chi connectivity index (χ1n) is 6.44. The molecule has 1 heterocycles. The van der Waals surface area contributed by atoms with Crippen molar-refractivity contribution in [2.45, 2.75) is 25.5 Å². The number of benzene rings is 1. The van der Waals surface area contributed by atoms with Crippen LogP contribution in [0.25, 0.3) is 0 Å². The summed E-state index contributed by atoms with van der Waals surface area (Å²) in [5.74, 6) is 0. The molecule has 2 rings (SSSR count). The zero-order valence-electron chi connectivity index (χ0n) is 11.6. The van der Waals surface area contributed by atoms with Crippen molar-refractivity contribution in [2.75, 3.05) is 14.2 Å². The fraction of sp³-hybridized carbons (Fsp3) is 0.400. The minimum absolute atomic E-state index is 0.0727. The number of nitrogens with zero attached hydrogens (tertiary/aromatic N) is 1. The number of ether oxygens (including phenoxy) is 1. The fourth-order valence-electron chi connectivity index (χ4n) is 1.98. The van der Waals surface area contributed by atoms with Gasteiger partial charge in [-0.3, -0.25) is 0 Å². The molecule has 3 nitrogen and oxygen atoms in total. The van der Waals surface area contributed by atoms with E-state index in [4.69, 9.17) is 4.74 Å². The molecule has 0 spiro atoms. The molecule has 0 saturated heterocycles. The van der Waals surface area contributed by atoms with E-state index < -0.39 is 0 Å². The maximum Gasteiger partial charge on any atom is 0.121 e. The van der Waals surface area contributed by atoms with E-state index in [1.807, 2.05) is 20.0 Å². The Morgan fingerprint density at radius 3 is 2.68 bits per heavy atom. The summed E-state index contributed by atoms with van der Waals surface area (Å²) in [6.07, 6.45) is 0.969. The Balaban J connectivity index is 2.09. The lowest BCUT2D eigenvalue weighted by Gasteiger charge is -2.15. The van der Waals surface area contributed by atoms with Gasteiger partial charge >= 0.3 is 0 Å². The monoisotopic (exact) mass is 276 g/mol. The molecule has 1 aromatic carbocycles. The number of aromatic nitrogens is 1. The third kappa shape index (κ3) is 3.62. The number of methoxy groups -OCH3 is 1. The van der Waals surface area contributed by atoms with Gasteiger partial charge < -0.3 is 10.1 Å². The SMILES string of the molecule is CNC(Cc1csc(C(C)OC)n1)c1ccccc1. The number of likely N-dealkylation sites (N-methyl/N-ethyl adjacent to an activating group) is 1. The van der Waals surface area contributed by atoms with Crippen LogP contribution in [0.3, 0.4) is 0 Å². The molecule has 0 aliphatic heterocycles. The average Bonchev–Trinajstić information content (AvgIpc) is 2.93. The number of nitrogens with one attached hydrogen (secondary N) is 1. The molecule has 2 aromatic rings. The minimum atomic E-state index is 0.0727. The molecule has 4 heteroatoms. The van der Waals surface area contributed by atoms with Crippen molar-refractivity contribution in [2.24, 2.45) is 0 Å². The second kappa shape index (κ2) is 6.80. The van der Waals surface area contributed by atoms with Crippen LogP contribution in [0.4, 0.5) is 0 Å². The van der Waals surface area contributed by atoms with Gasteiger partial charge in [0.05, 0.1) is 5.69 Å². The van der Waals surface area contributed by atoms with Crippen LogP contribution >= 0.6 is 11.3 Å². The van der Waals surface area contributed by atoms with Gasteiger partial charge in [-0.05, 0) is 19.5 Å². The Morgan fingerprint density at radius 1 is 1.32 bits per heavy atom. The van der Waals surface area contributed by atoms with Crippen molar-refractivity contribution in [1.82, 2.24) is 10.3 Å². The molecular weight excluding hydrogens is 256 g/mol. The molecule has 0 aliphatic rings. The van der Waals surface area contributed by atoms with Crippen molar-refractivity contribution in [3.05, 3.63) is 52.0 Å². The third-order valence-electron chi connectivity index (χ3n) is 3.23. The zero-order valence-corrected chi connectivity index (χ0v) is 12.4. The van der Waals surface area contributed by atoms with Crippen LogP contribution in [0, 0.1) is 0 Å². The van der Waals surface area contributed by atoms with E-state index in [1.54, 1.807) is 18.4 Å². The first-order chi connectivity index (χ1) is 9.24. The van der Waals surface area contributed by atoms with E-state index in [0.29, 0.717) is 6.04 Å². The zero-order chi connectivity index (χ0) is 13.7.